The molecule has 17 heavy (non-hydrogen) atoms. The Kier molecular flexibility index (Phi) is 4.45. The maximum atomic E-state index is 11.8. The monoisotopic (exact) mass is 248 g/mol. The quantitative estimate of drug-likeness (QED) is 0.727. The van der Waals surface area contributed by atoms with Crippen molar-refractivity contribution in [1.82, 2.24) is 4.98 Å². The number of hydrogen-bond donors (Lipinski definition) is 0. The number of aromatic carboxylic acids is 1. The Balaban J connectivity index is 2.35. The summed E-state index contributed by atoms with van der Waals surface area (Å²) < 4.78 is 40.0. The average molecular weight is 248 g/mol. The van der Waals surface area contributed by atoms with Gasteiger partial charge in [-0.3, -0.25) is 4.98 Å². The molecular weight excluding hydrogens is 239 g/mol. The zero-order chi connectivity index (χ0) is 12.9. The molecule has 0 fully saturated rings. The van der Waals surface area contributed by atoms with Crippen molar-refractivity contribution in [2.45, 2.75) is 19.2 Å². The van der Waals surface area contributed by atoms with Gasteiger partial charge in [0.25, 0.3) is 0 Å². The fourth-order valence-electron chi connectivity index (χ4n) is 0.995. The van der Waals surface area contributed by atoms with Gasteiger partial charge in [0.15, 0.2) is 0 Å². The van der Waals surface area contributed by atoms with E-state index in [2.05, 4.69) is 4.98 Å². The Hall–Kier alpha value is -1.63. The van der Waals surface area contributed by atoms with Crippen molar-refractivity contribution in [3.63, 3.8) is 0 Å². The average Bonchev–Trinajstić information content (AvgIpc) is 2.24. The number of carboxylic acids is 1. The second-order valence-corrected chi connectivity index (χ2v) is 3.24. The van der Waals surface area contributed by atoms with Crippen LogP contribution in [-0.4, -0.2) is 23.7 Å². The molecule has 0 atom stereocenters. The molecule has 94 valence electrons. The molecule has 1 heterocycles. The molecule has 4 nitrogen and oxygen atoms in total. The molecule has 1 aromatic heterocycles. The number of carbonyl (C=O) groups is 1. The number of hydrogen-bond acceptors (Lipinski definition) is 4. The van der Waals surface area contributed by atoms with Crippen LogP contribution < -0.4 is 5.11 Å². The van der Waals surface area contributed by atoms with E-state index in [0.29, 0.717) is 5.69 Å². The van der Waals surface area contributed by atoms with Crippen LogP contribution in [0.4, 0.5) is 13.2 Å². The van der Waals surface area contributed by atoms with Gasteiger partial charge in [0.05, 0.1) is 31.3 Å². The lowest BCUT2D eigenvalue weighted by atomic mass is 10.2. The number of rotatable bonds is 5. The van der Waals surface area contributed by atoms with Crippen molar-refractivity contribution < 1.29 is 27.8 Å². The second kappa shape index (κ2) is 5.62. The Morgan fingerprint density at radius 3 is 2.59 bits per heavy atom. The molecule has 0 aliphatic carbocycles. The van der Waals surface area contributed by atoms with Gasteiger partial charge in [0.2, 0.25) is 0 Å². The van der Waals surface area contributed by atoms with Crippen LogP contribution in [0.25, 0.3) is 0 Å². The maximum absolute atomic E-state index is 11.8. The number of halogens is 3. The van der Waals surface area contributed by atoms with Gasteiger partial charge in [-0.05, 0) is 12.1 Å². The minimum atomic E-state index is -4.24. The van der Waals surface area contributed by atoms with Crippen molar-refractivity contribution in [1.29, 1.82) is 0 Å². The molecular formula is C10H9F3NO3-. The van der Waals surface area contributed by atoms with E-state index in [1.165, 1.54) is 12.1 Å². The molecule has 0 saturated heterocycles. The van der Waals surface area contributed by atoms with Crippen LogP contribution in [0.1, 0.15) is 22.5 Å². The van der Waals surface area contributed by atoms with E-state index < -0.39 is 25.2 Å². The Morgan fingerprint density at radius 2 is 2.12 bits per heavy atom. The molecule has 0 aliphatic rings. The Labute approximate surface area is 95.0 Å². The van der Waals surface area contributed by atoms with Gasteiger partial charge in [0.1, 0.15) is 0 Å². The second-order valence-electron chi connectivity index (χ2n) is 3.24. The molecule has 0 unspecified atom stereocenters. The van der Waals surface area contributed by atoms with Gasteiger partial charge < -0.3 is 14.6 Å². The predicted octanol–water partition coefficient (Wildman–Crippen LogP) is 0.914. The summed E-state index contributed by atoms with van der Waals surface area (Å²) >= 11 is 0. The molecule has 7 heteroatoms. The van der Waals surface area contributed by atoms with Crippen molar-refractivity contribution in [3.05, 3.63) is 29.6 Å². The lowest BCUT2D eigenvalue weighted by Crippen LogP contribution is -2.22. The van der Waals surface area contributed by atoms with Gasteiger partial charge in [-0.25, -0.2) is 0 Å². The van der Waals surface area contributed by atoms with Gasteiger partial charge in [-0.2, -0.15) is 13.2 Å². The maximum Gasteiger partial charge on any atom is 0.391 e. The largest absolute Gasteiger partial charge is 0.545 e. The van der Waals surface area contributed by atoms with Crippen LogP contribution in [-0.2, 0) is 11.3 Å². The number of pyridine rings is 1. The minimum Gasteiger partial charge on any atom is -0.545 e. The summed E-state index contributed by atoms with van der Waals surface area (Å²) in [7, 11) is 0. The molecule has 0 spiro atoms. The standard InChI is InChI=1S/C10H10F3NO3/c11-10(12,13)3-4-17-6-8-2-1-7(5-14-8)9(15)16/h1-2,5H,3-4,6H2,(H,15,16)/p-1. The predicted molar refractivity (Wildman–Crippen MR) is 48.9 cm³/mol. The molecule has 0 bridgehead atoms. The van der Waals surface area contributed by atoms with Gasteiger partial charge in [0, 0.05) is 11.8 Å². The topological polar surface area (TPSA) is 62.2 Å². The number of carboxylic acid groups (broad SMARTS) is 1. The summed E-state index contributed by atoms with van der Waals surface area (Å²) in [4.78, 5) is 14.1. The summed E-state index contributed by atoms with van der Waals surface area (Å²) in [6, 6.07) is 2.61. The summed E-state index contributed by atoms with van der Waals surface area (Å²) in [6.45, 7) is -0.545. The zero-order valence-electron chi connectivity index (χ0n) is 8.66. The summed E-state index contributed by atoms with van der Waals surface area (Å²) in [5.74, 6) is -1.36. The molecule has 0 amide bonds. The van der Waals surface area contributed by atoms with Gasteiger partial charge in [-0.15, -0.1) is 0 Å². The fraction of sp³-hybridized carbons (Fsp3) is 0.400. The summed E-state index contributed by atoms with van der Waals surface area (Å²) in [5, 5.41) is 10.4. The highest BCUT2D eigenvalue weighted by molar-refractivity contribution is 5.85. The summed E-state index contributed by atoms with van der Waals surface area (Å²) in [5.41, 5.74) is 0.265. The summed E-state index contributed by atoms with van der Waals surface area (Å²) in [6.07, 6.45) is -4.20. The minimum absolute atomic E-state index is 0.0935. The van der Waals surface area contributed by atoms with E-state index in [-0.39, 0.29) is 12.2 Å². The highest BCUT2D eigenvalue weighted by Crippen LogP contribution is 2.19. The van der Waals surface area contributed by atoms with Crippen LogP contribution in [0.15, 0.2) is 18.3 Å². The lowest BCUT2D eigenvalue weighted by molar-refractivity contribution is -0.255. The first-order chi connectivity index (χ1) is 7.88. The number of alkyl halides is 3. The molecule has 0 aliphatic heterocycles. The van der Waals surface area contributed by atoms with E-state index in [9.17, 15) is 23.1 Å². The third-order valence-corrected chi connectivity index (χ3v) is 1.84. The van der Waals surface area contributed by atoms with Crippen molar-refractivity contribution in [2.75, 3.05) is 6.61 Å². The first-order valence-electron chi connectivity index (χ1n) is 4.69. The SMILES string of the molecule is O=C([O-])c1ccc(COCCC(F)(F)F)nc1. The number of ether oxygens (including phenoxy) is 1. The molecule has 0 radical (unpaired) electrons. The number of nitrogens with zero attached hydrogens (tertiary/aromatic N) is 1. The van der Waals surface area contributed by atoms with Gasteiger partial charge in [-0.1, -0.05) is 0 Å². The third kappa shape index (κ3) is 5.30. The lowest BCUT2D eigenvalue weighted by Gasteiger charge is -2.07. The van der Waals surface area contributed by atoms with Crippen molar-refractivity contribution in [3.8, 4) is 0 Å². The first kappa shape index (κ1) is 13.4. The van der Waals surface area contributed by atoms with Crippen LogP contribution in [0, 0.1) is 0 Å². The van der Waals surface area contributed by atoms with Crippen molar-refractivity contribution >= 4 is 5.97 Å². The molecule has 0 N–H and O–H groups in total. The molecule has 0 saturated carbocycles. The van der Waals surface area contributed by atoms with Crippen molar-refractivity contribution in [2.24, 2.45) is 0 Å². The van der Waals surface area contributed by atoms with E-state index >= 15 is 0 Å². The van der Waals surface area contributed by atoms with Crippen LogP contribution in [0.5, 0.6) is 0 Å². The number of carbonyl (C=O) groups excluding carboxylic acids is 1. The highest BCUT2D eigenvalue weighted by atomic mass is 19.4. The van der Waals surface area contributed by atoms with E-state index in [4.69, 9.17) is 4.74 Å². The zero-order valence-corrected chi connectivity index (χ0v) is 8.66. The third-order valence-electron chi connectivity index (χ3n) is 1.84. The van der Waals surface area contributed by atoms with Gasteiger partial charge >= 0.3 is 6.18 Å². The van der Waals surface area contributed by atoms with E-state index in [1.807, 2.05) is 0 Å². The number of aromatic nitrogens is 1. The van der Waals surface area contributed by atoms with Crippen LogP contribution in [0.3, 0.4) is 0 Å². The molecule has 1 rings (SSSR count). The molecule has 1 aromatic rings. The molecule has 0 aromatic carbocycles. The normalized spacial score (nSPS) is 11.5. The Morgan fingerprint density at radius 1 is 1.41 bits per heavy atom. The van der Waals surface area contributed by atoms with E-state index in [0.717, 1.165) is 6.20 Å². The highest BCUT2D eigenvalue weighted by Gasteiger charge is 2.26. The fourth-order valence-corrected chi connectivity index (χ4v) is 0.995. The smallest absolute Gasteiger partial charge is 0.391 e. The first-order valence-corrected chi connectivity index (χ1v) is 4.69. The Bertz CT molecular complexity index is 375. The van der Waals surface area contributed by atoms with Crippen LogP contribution >= 0.6 is 0 Å². The van der Waals surface area contributed by atoms with Crippen LogP contribution in [0.2, 0.25) is 0 Å². The van der Waals surface area contributed by atoms with E-state index in [1.54, 1.807) is 0 Å².